The molecule has 0 aliphatic carbocycles. The van der Waals surface area contributed by atoms with Gasteiger partial charge in [0.05, 0.1) is 12.6 Å². The SMILES string of the molecule is COc1cccc2c1nc(CCCl)n2CC1CCN(C)C1. The predicted octanol–water partition coefficient (Wildman–Crippen LogP) is 2.78. The minimum absolute atomic E-state index is 0.593. The highest BCUT2D eigenvalue weighted by atomic mass is 35.5. The molecule has 0 N–H and O–H groups in total. The fraction of sp³-hybridized carbons (Fsp3) is 0.562. The van der Waals surface area contributed by atoms with Crippen molar-refractivity contribution in [1.82, 2.24) is 14.5 Å². The largest absolute Gasteiger partial charge is 0.494 e. The Bertz CT molecular complexity index is 625. The number of rotatable bonds is 5. The van der Waals surface area contributed by atoms with Gasteiger partial charge in [-0.25, -0.2) is 4.98 Å². The zero-order valence-electron chi connectivity index (χ0n) is 12.7. The van der Waals surface area contributed by atoms with E-state index in [0.717, 1.165) is 42.1 Å². The molecule has 3 rings (SSSR count). The van der Waals surface area contributed by atoms with Crippen LogP contribution >= 0.6 is 11.6 Å². The number of ether oxygens (including phenoxy) is 1. The summed E-state index contributed by atoms with van der Waals surface area (Å²) in [6.07, 6.45) is 2.04. The smallest absolute Gasteiger partial charge is 0.146 e. The van der Waals surface area contributed by atoms with E-state index in [1.165, 1.54) is 13.0 Å². The molecular formula is C16H22ClN3O. The van der Waals surface area contributed by atoms with Crippen molar-refractivity contribution in [2.45, 2.75) is 19.4 Å². The Morgan fingerprint density at radius 1 is 1.43 bits per heavy atom. The van der Waals surface area contributed by atoms with E-state index in [-0.39, 0.29) is 0 Å². The van der Waals surface area contributed by atoms with Crippen LogP contribution in [0.15, 0.2) is 18.2 Å². The summed E-state index contributed by atoms with van der Waals surface area (Å²) in [5, 5.41) is 0. The lowest BCUT2D eigenvalue weighted by atomic mass is 10.1. The molecule has 4 nitrogen and oxygen atoms in total. The van der Waals surface area contributed by atoms with Gasteiger partial charge in [-0.2, -0.15) is 0 Å². The normalized spacial score (nSPS) is 19.5. The Morgan fingerprint density at radius 2 is 2.29 bits per heavy atom. The molecule has 1 fully saturated rings. The molecule has 1 aromatic carbocycles. The first-order valence-corrected chi connectivity index (χ1v) is 8.03. The van der Waals surface area contributed by atoms with E-state index in [1.54, 1.807) is 7.11 Å². The van der Waals surface area contributed by atoms with Crippen LogP contribution in [0.1, 0.15) is 12.2 Å². The summed E-state index contributed by atoms with van der Waals surface area (Å²) in [7, 11) is 3.88. The Labute approximate surface area is 130 Å². The maximum atomic E-state index is 5.96. The fourth-order valence-electron chi connectivity index (χ4n) is 3.25. The third-order valence-electron chi connectivity index (χ3n) is 4.29. The Kier molecular flexibility index (Phi) is 4.36. The molecule has 0 saturated carbocycles. The summed E-state index contributed by atoms with van der Waals surface area (Å²) < 4.78 is 7.78. The van der Waals surface area contributed by atoms with Gasteiger partial charge in [0.1, 0.15) is 17.1 Å². The van der Waals surface area contributed by atoms with E-state index in [0.29, 0.717) is 11.8 Å². The van der Waals surface area contributed by atoms with Crippen LogP contribution in [0.25, 0.3) is 11.0 Å². The first-order valence-electron chi connectivity index (χ1n) is 7.49. The number of aryl methyl sites for hydroxylation is 1. The van der Waals surface area contributed by atoms with Crippen molar-refractivity contribution >= 4 is 22.6 Å². The number of para-hydroxylation sites is 1. The Balaban J connectivity index is 1.99. The molecule has 1 aliphatic heterocycles. The zero-order chi connectivity index (χ0) is 14.8. The van der Waals surface area contributed by atoms with E-state index >= 15 is 0 Å². The van der Waals surface area contributed by atoms with Gasteiger partial charge in [0, 0.05) is 25.4 Å². The number of nitrogens with zero attached hydrogens (tertiary/aromatic N) is 3. The second-order valence-electron chi connectivity index (χ2n) is 5.82. The molecule has 0 amide bonds. The van der Waals surface area contributed by atoms with Gasteiger partial charge in [0.2, 0.25) is 0 Å². The molecule has 1 saturated heterocycles. The van der Waals surface area contributed by atoms with Crippen LogP contribution in [0, 0.1) is 5.92 Å². The van der Waals surface area contributed by atoms with Gasteiger partial charge in [-0.1, -0.05) is 6.07 Å². The lowest BCUT2D eigenvalue weighted by Crippen LogP contribution is -2.18. The van der Waals surface area contributed by atoms with Gasteiger partial charge >= 0.3 is 0 Å². The minimum Gasteiger partial charge on any atom is -0.494 e. The van der Waals surface area contributed by atoms with Gasteiger partial charge in [-0.05, 0) is 38.1 Å². The summed E-state index contributed by atoms with van der Waals surface area (Å²) >= 11 is 5.96. The zero-order valence-corrected chi connectivity index (χ0v) is 13.4. The van der Waals surface area contributed by atoms with Crippen molar-refractivity contribution in [2.24, 2.45) is 5.92 Å². The highest BCUT2D eigenvalue weighted by Crippen LogP contribution is 2.28. The van der Waals surface area contributed by atoms with Gasteiger partial charge in [0.25, 0.3) is 0 Å². The maximum Gasteiger partial charge on any atom is 0.146 e. The molecular weight excluding hydrogens is 286 g/mol. The topological polar surface area (TPSA) is 30.3 Å². The number of halogens is 1. The van der Waals surface area contributed by atoms with Crippen LogP contribution < -0.4 is 4.74 Å². The van der Waals surface area contributed by atoms with Gasteiger partial charge < -0.3 is 14.2 Å². The van der Waals surface area contributed by atoms with E-state index in [4.69, 9.17) is 21.3 Å². The quantitative estimate of drug-likeness (QED) is 0.796. The van der Waals surface area contributed by atoms with Crippen LogP contribution in [0.2, 0.25) is 0 Å². The van der Waals surface area contributed by atoms with Crippen LogP contribution in [-0.2, 0) is 13.0 Å². The summed E-state index contributed by atoms with van der Waals surface area (Å²) in [6.45, 7) is 3.36. The van der Waals surface area contributed by atoms with Crippen molar-refractivity contribution in [3.63, 3.8) is 0 Å². The Hall–Kier alpha value is -1.26. The molecule has 114 valence electrons. The van der Waals surface area contributed by atoms with Gasteiger partial charge in [0.15, 0.2) is 0 Å². The van der Waals surface area contributed by atoms with Crippen LogP contribution in [0.4, 0.5) is 0 Å². The number of imidazole rings is 1. The summed E-state index contributed by atoms with van der Waals surface area (Å²) in [6, 6.07) is 6.12. The first kappa shape index (κ1) is 14.7. The lowest BCUT2D eigenvalue weighted by Gasteiger charge is -2.14. The van der Waals surface area contributed by atoms with Crippen molar-refractivity contribution in [1.29, 1.82) is 0 Å². The minimum atomic E-state index is 0.593. The molecule has 2 heterocycles. The molecule has 21 heavy (non-hydrogen) atoms. The number of alkyl halides is 1. The third-order valence-corrected chi connectivity index (χ3v) is 4.48. The number of benzene rings is 1. The number of fused-ring (bicyclic) bond motifs is 1. The van der Waals surface area contributed by atoms with E-state index in [2.05, 4.69) is 22.6 Å². The predicted molar refractivity (Wildman–Crippen MR) is 86.3 cm³/mol. The lowest BCUT2D eigenvalue weighted by molar-refractivity contribution is 0.378. The van der Waals surface area contributed by atoms with Crippen LogP contribution in [0.5, 0.6) is 5.75 Å². The molecule has 5 heteroatoms. The van der Waals surface area contributed by atoms with Crippen molar-refractivity contribution in [3.8, 4) is 5.75 Å². The molecule has 0 bridgehead atoms. The number of hydrogen-bond acceptors (Lipinski definition) is 3. The molecule has 1 aliphatic rings. The molecule has 0 radical (unpaired) electrons. The highest BCUT2D eigenvalue weighted by Gasteiger charge is 2.22. The van der Waals surface area contributed by atoms with Crippen molar-refractivity contribution < 1.29 is 4.74 Å². The number of methoxy groups -OCH3 is 1. The van der Waals surface area contributed by atoms with E-state index < -0.39 is 0 Å². The maximum absolute atomic E-state index is 5.96. The summed E-state index contributed by atoms with van der Waals surface area (Å²) in [5.74, 6) is 3.19. The summed E-state index contributed by atoms with van der Waals surface area (Å²) in [4.78, 5) is 7.17. The number of likely N-dealkylation sites (tertiary alicyclic amines) is 1. The first-order chi connectivity index (χ1) is 10.2. The van der Waals surface area contributed by atoms with Crippen molar-refractivity contribution in [2.75, 3.05) is 33.1 Å². The van der Waals surface area contributed by atoms with Gasteiger partial charge in [-0.3, -0.25) is 0 Å². The third kappa shape index (κ3) is 2.87. The average Bonchev–Trinajstić information content (AvgIpc) is 3.04. The summed E-state index contributed by atoms with van der Waals surface area (Å²) in [5.41, 5.74) is 2.11. The van der Waals surface area contributed by atoms with Gasteiger partial charge in [-0.15, -0.1) is 11.6 Å². The molecule has 1 aromatic heterocycles. The van der Waals surface area contributed by atoms with E-state index in [1.807, 2.05) is 12.1 Å². The number of hydrogen-bond donors (Lipinski definition) is 0. The van der Waals surface area contributed by atoms with E-state index in [9.17, 15) is 0 Å². The Morgan fingerprint density at radius 3 is 2.95 bits per heavy atom. The molecule has 2 aromatic rings. The highest BCUT2D eigenvalue weighted by molar-refractivity contribution is 6.17. The van der Waals surface area contributed by atoms with Crippen molar-refractivity contribution in [3.05, 3.63) is 24.0 Å². The standard InChI is InChI=1S/C16H22ClN3O/c1-19-9-7-12(10-19)11-20-13-4-3-5-14(21-2)16(13)18-15(20)6-8-17/h3-5,12H,6-11H2,1-2H3. The van der Waals surface area contributed by atoms with Crippen LogP contribution in [-0.4, -0.2) is 47.6 Å². The fourth-order valence-corrected chi connectivity index (χ4v) is 3.42. The average molecular weight is 308 g/mol. The van der Waals surface area contributed by atoms with Crippen LogP contribution in [0.3, 0.4) is 0 Å². The monoisotopic (exact) mass is 307 g/mol. The molecule has 0 spiro atoms. The second kappa shape index (κ2) is 6.24. The molecule has 1 unspecified atom stereocenters. The number of aromatic nitrogens is 2. The molecule has 1 atom stereocenters. The second-order valence-corrected chi connectivity index (χ2v) is 6.20.